The summed E-state index contributed by atoms with van der Waals surface area (Å²) in [6.07, 6.45) is 0. The SMILES string of the molecule is CNCCNC(=O)c1ccc(OC)c(S(=O)(=O)NC(C)C)c1. The molecule has 0 radical (unpaired) electrons. The summed E-state index contributed by atoms with van der Waals surface area (Å²) >= 11 is 0. The molecule has 7 nitrogen and oxygen atoms in total. The number of benzene rings is 1. The van der Waals surface area contributed by atoms with Gasteiger partial charge in [-0.05, 0) is 39.1 Å². The fourth-order valence-corrected chi connectivity index (χ4v) is 3.25. The van der Waals surface area contributed by atoms with Crippen LogP contribution in [-0.4, -0.2) is 47.6 Å². The molecule has 0 saturated carbocycles. The molecule has 0 aliphatic carbocycles. The summed E-state index contributed by atoms with van der Waals surface area (Å²) in [4.78, 5) is 12.0. The summed E-state index contributed by atoms with van der Waals surface area (Å²) in [7, 11) is -0.586. The molecule has 8 heteroatoms. The lowest BCUT2D eigenvalue weighted by molar-refractivity contribution is 0.0954. The van der Waals surface area contributed by atoms with Crippen LogP contribution >= 0.6 is 0 Å². The summed E-state index contributed by atoms with van der Waals surface area (Å²) in [6, 6.07) is 4.06. The summed E-state index contributed by atoms with van der Waals surface area (Å²) < 4.78 is 32.2. The second kappa shape index (κ2) is 8.11. The highest BCUT2D eigenvalue weighted by Gasteiger charge is 2.22. The van der Waals surface area contributed by atoms with Crippen molar-refractivity contribution in [2.24, 2.45) is 0 Å². The quantitative estimate of drug-likeness (QED) is 0.597. The van der Waals surface area contributed by atoms with E-state index >= 15 is 0 Å². The van der Waals surface area contributed by atoms with Crippen molar-refractivity contribution in [3.63, 3.8) is 0 Å². The first kappa shape index (κ1) is 18.4. The van der Waals surface area contributed by atoms with Crippen LogP contribution < -0.4 is 20.1 Å². The van der Waals surface area contributed by atoms with Crippen molar-refractivity contribution in [1.29, 1.82) is 0 Å². The van der Waals surface area contributed by atoms with Crippen molar-refractivity contribution in [3.05, 3.63) is 23.8 Å². The minimum absolute atomic E-state index is 0.0510. The van der Waals surface area contributed by atoms with Crippen molar-refractivity contribution in [3.8, 4) is 5.75 Å². The van der Waals surface area contributed by atoms with Gasteiger partial charge in [0.25, 0.3) is 5.91 Å². The predicted molar refractivity (Wildman–Crippen MR) is 84.7 cm³/mol. The Labute approximate surface area is 131 Å². The first-order chi connectivity index (χ1) is 10.3. The number of methoxy groups -OCH3 is 1. The first-order valence-corrected chi connectivity index (χ1v) is 8.43. The van der Waals surface area contributed by atoms with E-state index in [2.05, 4.69) is 15.4 Å². The molecular weight excluding hydrogens is 306 g/mol. The van der Waals surface area contributed by atoms with Crippen LogP contribution in [0.2, 0.25) is 0 Å². The predicted octanol–water partition coefficient (Wildman–Crippen LogP) is 0.331. The Morgan fingerprint density at radius 3 is 2.50 bits per heavy atom. The zero-order chi connectivity index (χ0) is 16.8. The molecule has 0 bridgehead atoms. The molecule has 0 aliphatic heterocycles. The highest BCUT2D eigenvalue weighted by atomic mass is 32.2. The fourth-order valence-electron chi connectivity index (χ4n) is 1.80. The van der Waals surface area contributed by atoms with Crippen LogP contribution in [0.5, 0.6) is 5.75 Å². The molecule has 0 fully saturated rings. The molecule has 0 saturated heterocycles. The zero-order valence-corrected chi connectivity index (χ0v) is 14.1. The number of carbonyl (C=O) groups excluding carboxylic acids is 1. The molecular formula is C14H23N3O4S. The summed E-state index contributed by atoms with van der Waals surface area (Å²) in [5.74, 6) is -0.140. The lowest BCUT2D eigenvalue weighted by Gasteiger charge is -2.14. The van der Waals surface area contributed by atoms with Crippen molar-refractivity contribution in [2.45, 2.75) is 24.8 Å². The third-order valence-corrected chi connectivity index (χ3v) is 4.45. The van der Waals surface area contributed by atoms with Gasteiger partial charge >= 0.3 is 0 Å². The Morgan fingerprint density at radius 1 is 1.27 bits per heavy atom. The molecule has 1 aromatic rings. The highest BCUT2D eigenvalue weighted by Crippen LogP contribution is 2.25. The standard InChI is InChI=1S/C14H23N3O4S/c1-10(2)17-22(19,20)13-9-11(5-6-12(13)21-4)14(18)16-8-7-15-3/h5-6,9-10,15,17H,7-8H2,1-4H3,(H,16,18). The number of likely N-dealkylation sites (N-methyl/N-ethyl adjacent to an activating group) is 1. The molecule has 0 spiro atoms. The minimum atomic E-state index is -3.75. The van der Waals surface area contributed by atoms with Crippen molar-refractivity contribution in [1.82, 2.24) is 15.4 Å². The van der Waals surface area contributed by atoms with E-state index in [1.165, 1.54) is 25.3 Å². The Morgan fingerprint density at radius 2 is 1.95 bits per heavy atom. The second-order valence-electron chi connectivity index (χ2n) is 5.00. The lowest BCUT2D eigenvalue weighted by Crippen LogP contribution is -2.32. The summed E-state index contributed by atoms with van der Waals surface area (Å²) in [5, 5.41) is 5.61. The van der Waals surface area contributed by atoms with Gasteiger partial charge in [-0.1, -0.05) is 0 Å². The van der Waals surface area contributed by atoms with Gasteiger partial charge < -0.3 is 15.4 Å². The smallest absolute Gasteiger partial charge is 0.251 e. The van der Waals surface area contributed by atoms with Crippen LogP contribution in [0.1, 0.15) is 24.2 Å². The topological polar surface area (TPSA) is 96.5 Å². The van der Waals surface area contributed by atoms with Crippen molar-refractivity contribution in [2.75, 3.05) is 27.2 Å². The maximum atomic E-state index is 12.3. The minimum Gasteiger partial charge on any atom is -0.495 e. The van der Waals surface area contributed by atoms with Gasteiger partial charge in [-0.3, -0.25) is 4.79 Å². The number of rotatable bonds is 8. The number of ether oxygens (including phenoxy) is 1. The fraction of sp³-hybridized carbons (Fsp3) is 0.500. The second-order valence-corrected chi connectivity index (χ2v) is 6.68. The van der Waals surface area contributed by atoms with Gasteiger partial charge in [0.1, 0.15) is 10.6 Å². The largest absolute Gasteiger partial charge is 0.495 e. The van der Waals surface area contributed by atoms with E-state index in [-0.39, 0.29) is 28.2 Å². The maximum Gasteiger partial charge on any atom is 0.251 e. The van der Waals surface area contributed by atoms with E-state index in [1.54, 1.807) is 20.9 Å². The normalized spacial score (nSPS) is 11.5. The van der Waals surface area contributed by atoms with E-state index < -0.39 is 10.0 Å². The van der Waals surface area contributed by atoms with Crippen LogP contribution in [-0.2, 0) is 10.0 Å². The summed E-state index contributed by atoms with van der Waals surface area (Å²) in [5.41, 5.74) is 0.265. The van der Waals surface area contributed by atoms with Crippen LogP contribution in [0.25, 0.3) is 0 Å². The monoisotopic (exact) mass is 329 g/mol. The molecule has 1 rings (SSSR count). The summed E-state index contributed by atoms with van der Waals surface area (Å²) in [6.45, 7) is 4.52. The molecule has 0 unspecified atom stereocenters. The van der Waals surface area contributed by atoms with Gasteiger partial charge in [0.05, 0.1) is 7.11 Å². The molecule has 0 atom stereocenters. The molecule has 124 valence electrons. The molecule has 1 aromatic carbocycles. The highest BCUT2D eigenvalue weighted by molar-refractivity contribution is 7.89. The number of amides is 1. The van der Waals surface area contributed by atoms with Crippen LogP contribution in [0.15, 0.2) is 23.1 Å². The van der Waals surface area contributed by atoms with Gasteiger partial charge in [-0.15, -0.1) is 0 Å². The Balaban J connectivity index is 3.11. The Kier molecular flexibility index (Phi) is 6.79. The van der Waals surface area contributed by atoms with Crippen LogP contribution in [0.3, 0.4) is 0 Å². The molecule has 1 amide bonds. The number of nitrogens with one attached hydrogen (secondary N) is 3. The van der Waals surface area contributed by atoms with Gasteiger partial charge in [-0.2, -0.15) is 0 Å². The molecule has 0 aromatic heterocycles. The van der Waals surface area contributed by atoms with Gasteiger partial charge in [0.15, 0.2) is 0 Å². The number of sulfonamides is 1. The van der Waals surface area contributed by atoms with Crippen molar-refractivity contribution < 1.29 is 17.9 Å². The Hall–Kier alpha value is -1.64. The van der Waals surface area contributed by atoms with E-state index in [4.69, 9.17) is 4.74 Å². The maximum absolute atomic E-state index is 12.3. The Bertz CT molecular complexity index is 615. The van der Waals surface area contributed by atoms with E-state index in [0.717, 1.165) is 0 Å². The zero-order valence-electron chi connectivity index (χ0n) is 13.3. The van der Waals surface area contributed by atoms with Crippen LogP contribution in [0, 0.1) is 0 Å². The third kappa shape index (κ3) is 4.97. The van der Waals surface area contributed by atoms with E-state index in [0.29, 0.717) is 13.1 Å². The first-order valence-electron chi connectivity index (χ1n) is 6.95. The molecule has 3 N–H and O–H groups in total. The van der Waals surface area contributed by atoms with E-state index in [1.807, 2.05) is 0 Å². The lowest BCUT2D eigenvalue weighted by atomic mass is 10.2. The molecule has 0 aliphatic rings. The number of carbonyl (C=O) groups is 1. The van der Waals surface area contributed by atoms with E-state index in [9.17, 15) is 13.2 Å². The van der Waals surface area contributed by atoms with Gasteiger partial charge in [0.2, 0.25) is 10.0 Å². The molecule has 22 heavy (non-hydrogen) atoms. The third-order valence-electron chi connectivity index (χ3n) is 2.77. The number of hydrogen-bond acceptors (Lipinski definition) is 5. The molecule has 0 heterocycles. The van der Waals surface area contributed by atoms with Gasteiger partial charge in [0, 0.05) is 24.7 Å². The van der Waals surface area contributed by atoms with Crippen molar-refractivity contribution >= 4 is 15.9 Å². The number of hydrogen-bond donors (Lipinski definition) is 3. The van der Waals surface area contributed by atoms with Crippen LogP contribution in [0.4, 0.5) is 0 Å². The average Bonchev–Trinajstić information content (AvgIpc) is 2.45. The van der Waals surface area contributed by atoms with Gasteiger partial charge in [-0.25, -0.2) is 13.1 Å². The average molecular weight is 329 g/mol.